The predicted octanol–water partition coefficient (Wildman–Crippen LogP) is 4.78. The fourth-order valence-corrected chi connectivity index (χ4v) is 5.75. The Kier molecular flexibility index (Phi) is 5.59. The number of rotatable bonds is 18. The summed E-state index contributed by atoms with van der Waals surface area (Å²) in [6, 6.07) is 0. The van der Waals surface area contributed by atoms with Gasteiger partial charge < -0.3 is 9.47 Å². The van der Waals surface area contributed by atoms with Crippen molar-refractivity contribution in [3.05, 3.63) is 0 Å². The van der Waals surface area contributed by atoms with Crippen LogP contribution in [-0.2, 0) is 38.0 Å². The van der Waals surface area contributed by atoms with Crippen LogP contribution in [0.1, 0.15) is 110 Å². The average Bonchev–Trinajstić information content (AvgIpc) is 3.66. The Balaban J connectivity index is 0.694. The zero-order chi connectivity index (χ0) is 22.6. The second-order valence-electron chi connectivity index (χ2n) is 10.5. The molecular weight excluding hydrogens is 428 g/mol. The summed E-state index contributed by atoms with van der Waals surface area (Å²) in [6.07, 6.45) is 19.0. The van der Waals surface area contributed by atoms with E-state index in [9.17, 15) is 4.79 Å². The Labute approximate surface area is 195 Å². The van der Waals surface area contributed by atoms with Crippen molar-refractivity contribution >= 4 is 5.97 Å². The van der Waals surface area contributed by atoms with Crippen LogP contribution in [0.25, 0.3) is 0 Å². The van der Waals surface area contributed by atoms with E-state index in [1.165, 1.54) is 64.2 Å². The first-order chi connectivity index (χ1) is 16.1. The average molecular weight is 467 g/mol. The van der Waals surface area contributed by atoms with Gasteiger partial charge in [0.2, 0.25) is 0 Å². The second-order valence-corrected chi connectivity index (χ2v) is 10.5. The topological polar surface area (TPSA) is 98.2 Å². The van der Waals surface area contributed by atoms with Gasteiger partial charge in [-0.3, -0.25) is 28.5 Å². The highest BCUT2D eigenvalue weighted by Gasteiger charge is 3.27. The third-order valence-corrected chi connectivity index (χ3v) is 7.98. The summed E-state index contributed by atoms with van der Waals surface area (Å²) in [6.45, 7) is 2.58. The minimum Gasteiger partial charge on any atom is -0.466 e. The summed E-state index contributed by atoms with van der Waals surface area (Å²) < 4.78 is 38.9. The molecule has 4 unspecified atom stereocenters. The van der Waals surface area contributed by atoms with E-state index in [1.807, 2.05) is 6.92 Å². The highest BCUT2D eigenvalue weighted by molar-refractivity contribution is 5.69. The van der Waals surface area contributed by atoms with E-state index >= 15 is 0 Å². The smallest absolute Gasteiger partial charge is 0.355 e. The fraction of sp³-hybridized carbons (Fsp3) is 0.960. The molecule has 6 fully saturated rings. The summed E-state index contributed by atoms with van der Waals surface area (Å²) in [4.78, 5) is 11.4. The van der Waals surface area contributed by atoms with Crippen molar-refractivity contribution in [2.24, 2.45) is 0 Å². The zero-order valence-electron chi connectivity index (χ0n) is 19.9. The van der Waals surface area contributed by atoms with Gasteiger partial charge in [0.15, 0.2) is 0 Å². The van der Waals surface area contributed by atoms with E-state index in [0.29, 0.717) is 13.0 Å². The molecule has 6 saturated heterocycles. The molecule has 8 nitrogen and oxygen atoms in total. The molecule has 8 heteroatoms. The Hall–Kier alpha value is -0.770. The summed E-state index contributed by atoms with van der Waals surface area (Å²) in [7, 11) is 0. The first-order valence-electron chi connectivity index (χ1n) is 13.4. The number of carbonyl (C=O) groups is 1. The van der Waals surface area contributed by atoms with Crippen LogP contribution in [0, 0.1) is 0 Å². The van der Waals surface area contributed by atoms with Gasteiger partial charge >= 0.3 is 23.5 Å². The fourth-order valence-electron chi connectivity index (χ4n) is 5.75. The van der Waals surface area contributed by atoms with Crippen LogP contribution < -0.4 is 0 Å². The molecule has 33 heavy (non-hydrogen) atoms. The minimum atomic E-state index is -0.835. The first-order valence-corrected chi connectivity index (χ1v) is 13.4. The largest absolute Gasteiger partial charge is 0.466 e. The van der Waals surface area contributed by atoms with Crippen LogP contribution in [0.15, 0.2) is 0 Å². The Morgan fingerprint density at radius 1 is 0.697 bits per heavy atom. The lowest BCUT2D eigenvalue weighted by Crippen LogP contribution is -2.41. The quantitative estimate of drug-likeness (QED) is 0.162. The van der Waals surface area contributed by atoms with E-state index in [1.54, 1.807) is 0 Å². The Morgan fingerprint density at radius 2 is 1.27 bits per heavy atom. The van der Waals surface area contributed by atoms with Crippen LogP contribution in [0.3, 0.4) is 0 Å². The predicted molar refractivity (Wildman–Crippen MR) is 114 cm³/mol. The SMILES string of the molecule is CCCOC(=O)CCCCCCCCCCCCCCCC1OC12OC21OC12OC13OC12O3. The minimum absolute atomic E-state index is 0.0326. The molecule has 0 radical (unpaired) electrons. The van der Waals surface area contributed by atoms with Crippen LogP contribution >= 0.6 is 0 Å². The molecule has 0 bridgehead atoms. The number of fused-ring (bicyclic) bond motifs is 2. The van der Waals surface area contributed by atoms with Crippen LogP contribution in [-0.4, -0.2) is 47.8 Å². The molecule has 186 valence electrons. The number of hydrogen-bond acceptors (Lipinski definition) is 8. The van der Waals surface area contributed by atoms with Gasteiger partial charge in [0.05, 0.1) is 6.61 Å². The van der Waals surface area contributed by atoms with Crippen LogP contribution in [0.2, 0.25) is 0 Å². The third kappa shape index (κ3) is 3.43. The maximum atomic E-state index is 11.4. The van der Waals surface area contributed by atoms with Crippen molar-refractivity contribution in [3.8, 4) is 0 Å². The number of ether oxygens (including phenoxy) is 7. The van der Waals surface area contributed by atoms with E-state index in [0.717, 1.165) is 32.1 Å². The molecule has 6 aliphatic heterocycles. The number of hydrogen-bond donors (Lipinski definition) is 0. The van der Waals surface area contributed by atoms with Crippen LogP contribution in [0.4, 0.5) is 0 Å². The van der Waals surface area contributed by atoms with Crippen molar-refractivity contribution in [3.63, 3.8) is 0 Å². The van der Waals surface area contributed by atoms with E-state index in [4.69, 9.17) is 33.2 Å². The molecule has 6 aliphatic rings. The monoisotopic (exact) mass is 466 g/mol. The lowest BCUT2D eigenvalue weighted by molar-refractivity contribution is -0.166. The van der Waals surface area contributed by atoms with Gasteiger partial charge in [-0.15, -0.1) is 0 Å². The van der Waals surface area contributed by atoms with Crippen molar-refractivity contribution < 1.29 is 38.0 Å². The Morgan fingerprint density at radius 3 is 1.82 bits per heavy atom. The molecule has 3 spiro atoms. The molecular formula is C25H38O8. The summed E-state index contributed by atoms with van der Waals surface area (Å²) >= 11 is 0. The summed E-state index contributed by atoms with van der Waals surface area (Å²) in [5.41, 5.74) is 0. The number of epoxide rings is 5. The summed E-state index contributed by atoms with van der Waals surface area (Å²) in [5.74, 6) is -3.63. The van der Waals surface area contributed by atoms with E-state index in [-0.39, 0.29) is 12.1 Å². The van der Waals surface area contributed by atoms with Gasteiger partial charge in [-0.25, -0.2) is 0 Å². The lowest BCUT2D eigenvalue weighted by Gasteiger charge is -2.07. The molecule has 0 aromatic heterocycles. The molecule has 4 atom stereocenters. The second kappa shape index (κ2) is 8.14. The molecule has 6 rings (SSSR count). The Bertz CT molecular complexity index is 766. The van der Waals surface area contributed by atoms with Gasteiger partial charge in [-0.2, -0.15) is 0 Å². The van der Waals surface area contributed by atoms with Crippen molar-refractivity contribution in [2.75, 3.05) is 6.61 Å². The molecule has 0 aromatic rings. The molecule has 0 amide bonds. The van der Waals surface area contributed by atoms with Gasteiger partial charge in [0, 0.05) is 6.42 Å². The molecule has 0 saturated carbocycles. The highest BCUT2D eigenvalue weighted by Crippen LogP contribution is 2.97. The van der Waals surface area contributed by atoms with Gasteiger partial charge in [-0.1, -0.05) is 84.0 Å². The normalized spacial score (nSPS) is 43.8. The van der Waals surface area contributed by atoms with Crippen LogP contribution in [0.5, 0.6) is 0 Å². The first kappa shape index (κ1) is 22.7. The highest BCUT2D eigenvalue weighted by atomic mass is 17.3. The van der Waals surface area contributed by atoms with Crippen molar-refractivity contribution in [2.45, 2.75) is 145 Å². The lowest BCUT2D eigenvalue weighted by atomic mass is 10.0. The third-order valence-electron chi connectivity index (χ3n) is 7.98. The summed E-state index contributed by atoms with van der Waals surface area (Å²) in [5, 5.41) is 0. The molecule has 0 N–H and O–H groups in total. The van der Waals surface area contributed by atoms with Gasteiger partial charge in [0.25, 0.3) is 11.6 Å². The zero-order valence-corrected chi connectivity index (χ0v) is 19.9. The molecule has 0 aliphatic carbocycles. The van der Waals surface area contributed by atoms with E-state index in [2.05, 4.69) is 0 Å². The maximum Gasteiger partial charge on any atom is 0.355 e. The maximum absolute atomic E-state index is 11.4. The van der Waals surface area contributed by atoms with Crippen molar-refractivity contribution in [1.29, 1.82) is 0 Å². The number of esters is 1. The number of carbonyl (C=O) groups excluding carboxylic acids is 1. The van der Waals surface area contributed by atoms with E-state index < -0.39 is 29.1 Å². The molecule has 0 aromatic carbocycles. The number of unbranched alkanes of at least 4 members (excludes halogenated alkanes) is 12. The molecule has 6 heterocycles. The van der Waals surface area contributed by atoms with Gasteiger partial charge in [-0.05, 0) is 19.3 Å². The standard InChI is InChI=1S/C25H38O8/c1-2-18-27-20(26)17-15-13-11-9-7-5-3-4-6-8-10-12-14-16-19-21(28-19)22(29-21)23(30-22)24-25(31-23,32-24)33-24/h19H,2-18H2,1H3. The van der Waals surface area contributed by atoms with Crippen molar-refractivity contribution in [1.82, 2.24) is 0 Å². The van der Waals surface area contributed by atoms with Gasteiger partial charge in [0.1, 0.15) is 6.10 Å².